The highest BCUT2D eigenvalue weighted by molar-refractivity contribution is 6.82. The monoisotopic (exact) mass is 260 g/mol. The fourth-order valence-electron chi connectivity index (χ4n) is 2.65. The summed E-state index contributed by atoms with van der Waals surface area (Å²) in [6.45, 7) is 7.79. The maximum Gasteiger partial charge on any atom is 0.130 e. The van der Waals surface area contributed by atoms with Crippen molar-refractivity contribution in [3.63, 3.8) is 0 Å². The number of halogens is 2. The van der Waals surface area contributed by atoms with Crippen molar-refractivity contribution in [2.75, 3.05) is 0 Å². The second kappa shape index (κ2) is 6.12. The topological polar surface area (TPSA) is 0 Å². The summed E-state index contributed by atoms with van der Waals surface area (Å²) in [7, 11) is -2.10. The fraction of sp³-hybridized carbons (Fsp3) is 0.857. The van der Waals surface area contributed by atoms with Gasteiger partial charge in [0.2, 0.25) is 0 Å². The molecule has 1 aliphatic rings. The van der Waals surface area contributed by atoms with Gasteiger partial charge in [-0.1, -0.05) is 39.4 Å². The van der Waals surface area contributed by atoms with E-state index in [0.29, 0.717) is 0 Å². The van der Waals surface area contributed by atoms with Gasteiger partial charge < -0.3 is 0 Å². The van der Waals surface area contributed by atoms with Gasteiger partial charge in [-0.25, -0.2) is 8.78 Å². The van der Waals surface area contributed by atoms with Gasteiger partial charge >= 0.3 is 0 Å². The first-order chi connectivity index (χ1) is 7.86. The maximum atomic E-state index is 14.0. The van der Waals surface area contributed by atoms with Crippen LogP contribution in [0.3, 0.4) is 0 Å². The van der Waals surface area contributed by atoms with E-state index < -0.39 is 19.4 Å². The van der Waals surface area contributed by atoms with E-state index in [9.17, 15) is 8.78 Å². The van der Waals surface area contributed by atoms with Crippen LogP contribution in [0.25, 0.3) is 0 Å². The molecule has 0 unspecified atom stereocenters. The summed E-state index contributed by atoms with van der Waals surface area (Å²) < 4.78 is 27.9. The van der Waals surface area contributed by atoms with Crippen molar-refractivity contribution in [3.05, 3.63) is 11.3 Å². The Kier molecular flexibility index (Phi) is 5.36. The van der Waals surface area contributed by atoms with Crippen molar-refractivity contribution >= 4 is 8.07 Å². The summed E-state index contributed by atoms with van der Waals surface area (Å²) in [5, 5.41) is 0. The summed E-state index contributed by atoms with van der Waals surface area (Å²) in [6.07, 6.45) is 6.28. The molecule has 0 nitrogen and oxygen atoms in total. The minimum Gasteiger partial charge on any atom is -0.215 e. The lowest BCUT2D eigenvalue weighted by molar-refractivity contribution is 0.258. The van der Waals surface area contributed by atoms with Crippen LogP contribution in [0.15, 0.2) is 11.3 Å². The number of allylic oxidation sites excluding steroid dienone is 1. The highest BCUT2D eigenvalue weighted by atomic mass is 28.3. The third-order valence-electron chi connectivity index (χ3n) is 3.77. The van der Waals surface area contributed by atoms with Crippen LogP contribution in [-0.4, -0.2) is 8.07 Å². The number of rotatable bonds is 4. The molecule has 0 heterocycles. The summed E-state index contributed by atoms with van der Waals surface area (Å²) in [4.78, 5) is 0. The van der Waals surface area contributed by atoms with E-state index >= 15 is 0 Å². The summed E-state index contributed by atoms with van der Waals surface area (Å²) >= 11 is 0. The molecule has 0 bridgehead atoms. The molecule has 0 aromatic carbocycles. The molecule has 0 aromatic heterocycles. The van der Waals surface area contributed by atoms with Gasteiger partial charge in [-0.15, -0.1) is 0 Å². The molecule has 0 aliphatic heterocycles. The van der Waals surface area contributed by atoms with E-state index in [2.05, 4.69) is 6.92 Å². The van der Waals surface area contributed by atoms with E-state index in [1.54, 1.807) is 0 Å². The first kappa shape index (κ1) is 14.9. The third-order valence-corrected chi connectivity index (χ3v) is 5.33. The van der Waals surface area contributed by atoms with Crippen molar-refractivity contribution in [1.29, 1.82) is 0 Å². The Labute approximate surface area is 106 Å². The van der Waals surface area contributed by atoms with Crippen LogP contribution in [0.4, 0.5) is 8.78 Å². The molecule has 1 saturated carbocycles. The average molecular weight is 260 g/mol. The first-order valence-electron chi connectivity index (χ1n) is 6.91. The highest BCUT2D eigenvalue weighted by Crippen LogP contribution is 2.38. The van der Waals surface area contributed by atoms with Gasteiger partial charge in [-0.05, 0) is 31.6 Å². The molecule has 1 rings (SSSR count). The van der Waals surface area contributed by atoms with E-state index in [0.717, 1.165) is 31.6 Å². The van der Waals surface area contributed by atoms with Gasteiger partial charge in [-0.2, -0.15) is 0 Å². The van der Waals surface area contributed by atoms with E-state index in [1.807, 2.05) is 19.6 Å². The molecule has 0 N–H and O–H groups in total. The molecule has 0 saturated heterocycles. The van der Waals surface area contributed by atoms with E-state index in [-0.39, 0.29) is 5.92 Å². The van der Waals surface area contributed by atoms with Crippen LogP contribution >= 0.6 is 0 Å². The molecule has 0 amide bonds. The number of hydrogen-bond donors (Lipinski definition) is 0. The minimum absolute atomic E-state index is 0.130. The van der Waals surface area contributed by atoms with Crippen LogP contribution < -0.4 is 0 Å². The van der Waals surface area contributed by atoms with Crippen molar-refractivity contribution in [2.45, 2.75) is 65.1 Å². The Morgan fingerprint density at radius 1 is 1.06 bits per heavy atom. The number of hydrogen-bond acceptors (Lipinski definition) is 0. The maximum absolute atomic E-state index is 14.0. The highest BCUT2D eigenvalue weighted by Gasteiger charge is 2.31. The first-order valence-corrected chi connectivity index (χ1v) is 10.4. The zero-order chi connectivity index (χ0) is 13.1. The molecular weight excluding hydrogens is 234 g/mol. The molecule has 17 heavy (non-hydrogen) atoms. The summed E-state index contributed by atoms with van der Waals surface area (Å²) in [6, 6.07) is 0. The molecule has 1 fully saturated rings. The third kappa shape index (κ3) is 4.20. The van der Waals surface area contributed by atoms with Crippen molar-refractivity contribution in [2.24, 2.45) is 11.8 Å². The average Bonchev–Trinajstić information content (AvgIpc) is 2.27. The van der Waals surface area contributed by atoms with Gasteiger partial charge in [0.15, 0.2) is 0 Å². The van der Waals surface area contributed by atoms with E-state index in [4.69, 9.17) is 0 Å². The lowest BCUT2D eigenvalue weighted by Gasteiger charge is -2.28. The quantitative estimate of drug-likeness (QED) is 0.575. The largest absolute Gasteiger partial charge is 0.215 e. The minimum atomic E-state index is -2.10. The van der Waals surface area contributed by atoms with Gasteiger partial charge in [0.1, 0.15) is 19.4 Å². The van der Waals surface area contributed by atoms with Crippen molar-refractivity contribution < 1.29 is 8.78 Å². The van der Waals surface area contributed by atoms with Crippen LogP contribution in [0.5, 0.6) is 0 Å². The molecular formula is C14H26F2Si. The molecule has 0 atom stereocenters. The smallest absolute Gasteiger partial charge is 0.130 e. The van der Waals surface area contributed by atoms with Crippen LogP contribution in [-0.2, 0) is 0 Å². The van der Waals surface area contributed by atoms with Gasteiger partial charge in [0.25, 0.3) is 0 Å². The predicted octanol–water partition coefficient (Wildman–Crippen LogP) is 5.62. The Morgan fingerprint density at radius 2 is 1.59 bits per heavy atom. The lowest BCUT2D eigenvalue weighted by Crippen LogP contribution is -2.25. The predicted molar refractivity (Wildman–Crippen MR) is 72.9 cm³/mol. The van der Waals surface area contributed by atoms with Crippen molar-refractivity contribution in [1.82, 2.24) is 0 Å². The Hall–Kier alpha value is -0.183. The molecule has 3 heteroatoms. The molecule has 0 radical (unpaired) electrons. The molecule has 0 spiro atoms. The zero-order valence-electron chi connectivity index (χ0n) is 11.7. The second-order valence-electron chi connectivity index (χ2n) is 6.42. The standard InChI is InChI=1S/C14H26F2Si/c1-5-6-11-7-9-12(10-8-11)13(15)14(16)17(2,3)4/h11-12H,5-10H2,1-4H3/b14-13+. The lowest BCUT2D eigenvalue weighted by atomic mass is 9.80. The van der Waals surface area contributed by atoms with Crippen LogP contribution in [0, 0.1) is 11.8 Å². The van der Waals surface area contributed by atoms with Gasteiger partial charge in [0, 0.05) is 5.92 Å². The Morgan fingerprint density at radius 3 is 2.00 bits per heavy atom. The second-order valence-corrected chi connectivity index (χ2v) is 11.4. The fourth-order valence-corrected chi connectivity index (χ4v) is 3.57. The molecule has 1 aliphatic carbocycles. The van der Waals surface area contributed by atoms with E-state index in [1.165, 1.54) is 12.8 Å². The molecule has 100 valence electrons. The van der Waals surface area contributed by atoms with Crippen LogP contribution in [0.1, 0.15) is 45.4 Å². The zero-order valence-corrected chi connectivity index (χ0v) is 12.7. The normalized spacial score (nSPS) is 27.9. The SMILES string of the molecule is CCCC1CCC(/C(F)=C(/F)[Si](C)(C)C)CC1. The van der Waals surface area contributed by atoms with Gasteiger partial charge in [-0.3, -0.25) is 0 Å². The Balaban J connectivity index is 2.60. The van der Waals surface area contributed by atoms with Gasteiger partial charge in [0.05, 0.1) is 0 Å². The van der Waals surface area contributed by atoms with Crippen molar-refractivity contribution in [3.8, 4) is 0 Å². The summed E-state index contributed by atoms with van der Waals surface area (Å²) in [5.74, 6) is 0.202. The molecule has 0 aromatic rings. The van der Waals surface area contributed by atoms with Crippen LogP contribution in [0.2, 0.25) is 19.6 Å². The Bertz CT molecular complexity index is 270. The summed E-state index contributed by atoms with van der Waals surface area (Å²) in [5.41, 5.74) is -0.406.